The molecule has 0 bridgehead atoms. The van der Waals surface area contributed by atoms with E-state index < -0.39 is 35.6 Å². The van der Waals surface area contributed by atoms with E-state index in [1.54, 1.807) is 6.92 Å². The molecular formula is C14H18F2N2O3. The van der Waals surface area contributed by atoms with Crippen LogP contribution in [0.1, 0.15) is 25.5 Å². The van der Waals surface area contributed by atoms with Gasteiger partial charge in [0.25, 0.3) is 0 Å². The molecule has 2 N–H and O–H groups in total. The van der Waals surface area contributed by atoms with E-state index >= 15 is 0 Å². The number of carboxylic acid groups (broad SMARTS) is 1. The topological polar surface area (TPSA) is 69.6 Å². The van der Waals surface area contributed by atoms with E-state index in [0.29, 0.717) is 0 Å². The number of amides is 2. The zero-order valence-electron chi connectivity index (χ0n) is 12.1. The highest BCUT2D eigenvalue weighted by molar-refractivity contribution is 5.76. The summed E-state index contributed by atoms with van der Waals surface area (Å²) in [5.74, 6) is -3.16. The standard InChI is InChI=1S/C14H18F2N2O3/c1-8(13(19)20)7-18(3)14(21)17-9(2)11-5-4-10(15)6-12(11)16/h4-6,8-9H,7H2,1-3H3,(H,17,21)(H,19,20)/t8?,9-/m1/s1. The number of urea groups is 1. The quantitative estimate of drug-likeness (QED) is 0.877. The van der Waals surface area contributed by atoms with Crippen molar-refractivity contribution in [3.63, 3.8) is 0 Å². The highest BCUT2D eigenvalue weighted by Gasteiger charge is 2.20. The number of nitrogens with one attached hydrogen (secondary N) is 1. The number of halogens is 2. The smallest absolute Gasteiger partial charge is 0.317 e. The summed E-state index contributed by atoms with van der Waals surface area (Å²) in [6.45, 7) is 3.07. The summed E-state index contributed by atoms with van der Waals surface area (Å²) in [6, 6.07) is 1.92. The van der Waals surface area contributed by atoms with E-state index in [4.69, 9.17) is 5.11 Å². The summed E-state index contributed by atoms with van der Waals surface area (Å²) < 4.78 is 26.4. The summed E-state index contributed by atoms with van der Waals surface area (Å²) in [5, 5.41) is 11.3. The van der Waals surface area contributed by atoms with Crippen LogP contribution < -0.4 is 5.32 Å². The molecule has 7 heteroatoms. The van der Waals surface area contributed by atoms with Crippen LogP contribution in [0.25, 0.3) is 0 Å². The lowest BCUT2D eigenvalue weighted by Crippen LogP contribution is -2.41. The molecule has 0 spiro atoms. The number of rotatable bonds is 5. The van der Waals surface area contributed by atoms with Gasteiger partial charge in [-0.15, -0.1) is 0 Å². The van der Waals surface area contributed by atoms with Gasteiger partial charge in [0, 0.05) is 25.2 Å². The van der Waals surface area contributed by atoms with Gasteiger partial charge in [-0.25, -0.2) is 13.6 Å². The number of benzene rings is 1. The third kappa shape index (κ3) is 4.70. The molecule has 0 aromatic heterocycles. The van der Waals surface area contributed by atoms with E-state index in [1.165, 1.54) is 24.9 Å². The van der Waals surface area contributed by atoms with E-state index in [9.17, 15) is 18.4 Å². The highest BCUT2D eigenvalue weighted by atomic mass is 19.1. The summed E-state index contributed by atoms with van der Waals surface area (Å²) >= 11 is 0. The molecule has 1 unspecified atom stereocenters. The SMILES string of the molecule is CC(CN(C)C(=O)N[C@H](C)c1ccc(F)cc1F)C(=O)O. The molecule has 0 saturated carbocycles. The van der Waals surface area contributed by atoms with Gasteiger partial charge in [0.1, 0.15) is 11.6 Å². The predicted octanol–water partition coefficient (Wildman–Crippen LogP) is 2.39. The van der Waals surface area contributed by atoms with Crippen molar-refractivity contribution in [2.45, 2.75) is 19.9 Å². The Labute approximate surface area is 121 Å². The Kier molecular flexibility index (Phi) is 5.63. The average Bonchev–Trinajstić information content (AvgIpc) is 2.37. The first kappa shape index (κ1) is 16.9. The third-order valence-corrected chi connectivity index (χ3v) is 3.08. The van der Waals surface area contributed by atoms with Crippen LogP contribution in [-0.2, 0) is 4.79 Å². The zero-order valence-corrected chi connectivity index (χ0v) is 12.1. The van der Waals surface area contributed by atoms with Crippen molar-refractivity contribution in [3.8, 4) is 0 Å². The third-order valence-electron chi connectivity index (χ3n) is 3.08. The fourth-order valence-electron chi connectivity index (χ4n) is 1.80. The Morgan fingerprint density at radius 2 is 1.95 bits per heavy atom. The number of carbonyl (C=O) groups excluding carboxylic acids is 1. The second-order valence-corrected chi connectivity index (χ2v) is 4.96. The number of hydrogen-bond donors (Lipinski definition) is 2. The van der Waals surface area contributed by atoms with Crippen molar-refractivity contribution in [1.82, 2.24) is 10.2 Å². The summed E-state index contributed by atoms with van der Waals surface area (Å²) in [4.78, 5) is 23.8. The van der Waals surface area contributed by atoms with Crippen LogP contribution in [-0.4, -0.2) is 35.6 Å². The van der Waals surface area contributed by atoms with Gasteiger partial charge in [-0.2, -0.15) is 0 Å². The normalized spacial score (nSPS) is 13.4. The van der Waals surface area contributed by atoms with Gasteiger partial charge >= 0.3 is 12.0 Å². The van der Waals surface area contributed by atoms with Crippen LogP contribution in [0.2, 0.25) is 0 Å². The van der Waals surface area contributed by atoms with Crippen LogP contribution in [0.4, 0.5) is 13.6 Å². The van der Waals surface area contributed by atoms with E-state index in [2.05, 4.69) is 5.32 Å². The Hall–Kier alpha value is -2.18. The van der Waals surface area contributed by atoms with Gasteiger partial charge in [0.05, 0.1) is 12.0 Å². The minimum Gasteiger partial charge on any atom is -0.481 e. The maximum absolute atomic E-state index is 13.6. The molecule has 0 heterocycles. The molecule has 0 radical (unpaired) electrons. The highest BCUT2D eigenvalue weighted by Crippen LogP contribution is 2.17. The monoisotopic (exact) mass is 300 g/mol. The second kappa shape index (κ2) is 7.01. The van der Waals surface area contributed by atoms with Crippen molar-refractivity contribution in [1.29, 1.82) is 0 Å². The summed E-state index contributed by atoms with van der Waals surface area (Å²) in [5.41, 5.74) is 0.157. The first-order valence-corrected chi connectivity index (χ1v) is 6.41. The lowest BCUT2D eigenvalue weighted by molar-refractivity contribution is -0.141. The van der Waals surface area contributed by atoms with Crippen molar-refractivity contribution in [2.24, 2.45) is 5.92 Å². The van der Waals surface area contributed by atoms with Crippen molar-refractivity contribution >= 4 is 12.0 Å². The Bertz CT molecular complexity index is 537. The lowest BCUT2D eigenvalue weighted by atomic mass is 10.1. The van der Waals surface area contributed by atoms with E-state index in [0.717, 1.165) is 12.1 Å². The van der Waals surface area contributed by atoms with Gasteiger partial charge in [-0.3, -0.25) is 4.79 Å². The minimum atomic E-state index is -1.01. The Balaban J connectivity index is 2.67. The molecule has 0 aliphatic carbocycles. The molecule has 0 aliphatic heterocycles. The van der Waals surface area contributed by atoms with Crippen LogP contribution >= 0.6 is 0 Å². The van der Waals surface area contributed by atoms with Gasteiger partial charge in [0.2, 0.25) is 0 Å². The molecule has 21 heavy (non-hydrogen) atoms. The van der Waals surface area contributed by atoms with Gasteiger partial charge in [-0.05, 0) is 13.0 Å². The molecule has 0 saturated heterocycles. The molecule has 1 rings (SSSR count). The van der Waals surface area contributed by atoms with Crippen LogP contribution in [0, 0.1) is 17.6 Å². The molecule has 116 valence electrons. The number of hydrogen-bond acceptors (Lipinski definition) is 2. The van der Waals surface area contributed by atoms with Crippen LogP contribution in [0.3, 0.4) is 0 Å². The molecule has 2 atom stereocenters. The number of carboxylic acids is 1. The Morgan fingerprint density at radius 1 is 1.33 bits per heavy atom. The molecule has 0 aliphatic rings. The van der Waals surface area contributed by atoms with E-state index in [1.807, 2.05) is 0 Å². The largest absolute Gasteiger partial charge is 0.481 e. The van der Waals surface area contributed by atoms with Crippen molar-refractivity contribution in [2.75, 3.05) is 13.6 Å². The number of aliphatic carboxylic acids is 1. The van der Waals surface area contributed by atoms with Gasteiger partial charge < -0.3 is 15.3 Å². The first-order valence-electron chi connectivity index (χ1n) is 6.41. The fourth-order valence-corrected chi connectivity index (χ4v) is 1.80. The van der Waals surface area contributed by atoms with Crippen LogP contribution in [0.5, 0.6) is 0 Å². The Morgan fingerprint density at radius 3 is 2.48 bits per heavy atom. The predicted molar refractivity (Wildman–Crippen MR) is 72.7 cm³/mol. The van der Waals surface area contributed by atoms with E-state index in [-0.39, 0.29) is 12.1 Å². The molecular weight excluding hydrogens is 282 g/mol. The minimum absolute atomic E-state index is 0.0276. The molecule has 1 aromatic rings. The molecule has 5 nitrogen and oxygen atoms in total. The summed E-state index contributed by atoms with van der Waals surface area (Å²) in [6.07, 6.45) is 0. The van der Waals surface area contributed by atoms with Crippen LogP contribution in [0.15, 0.2) is 18.2 Å². The molecule has 2 amide bonds. The fraction of sp³-hybridized carbons (Fsp3) is 0.429. The van der Waals surface area contributed by atoms with Gasteiger partial charge in [0.15, 0.2) is 0 Å². The average molecular weight is 300 g/mol. The maximum Gasteiger partial charge on any atom is 0.317 e. The summed E-state index contributed by atoms with van der Waals surface area (Å²) in [7, 11) is 1.45. The molecule has 1 aromatic carbocycles. The van der Waals surface area contributed by atoms with Gasteiger partial charge in [-0.1, -0.05) is 13.0 Å². The second-order valence-electron chi connectivity index (χ2n) is 4.96. The molecule has 0 fully saturated rings. The lowest BCUT2D eigenvalue weighted by Gasteiger charge is -2.23. The van der Waals surface area contributed by atoms with Crippen molar-refractivity contribution in [3.05, 3.63) is 35.4 Å². The zero-order chi connectivity index (χ0) is 16.2. The maximum atomic E-state index is 13.6. The first-order chi connectivity index (χ1) is 9.72. The number of nitrogens with zero attached hydrogens (tertiary/aromatic N) is 1. The van der Waals surface area contributed by atoms with Crippen molar-refractivity contribution < 1.29 is 23.5 Å². The number of carbonyl (C=O) groups is 2.